The summed E-state index contributed by atoms with van der Waals surface area (Å²) in [6.45, 7) is 7.91. The second-order valence-electron chi connectivity index (χ2n) is 11.4. The fraction of sp³-hybridized carbons (Fsp3) is 1.00. The highest BCUT2D eigenvalue weighted by atomic mass is 16.2. The minimum Gasteiger partial charge on any atom is -0.396 e. The predicted molar refractivity (Wildman–Crippen MR) is 112 cm³/mol. The molecule has 0 saturated heterocycles. The molecule has 0 amide bonds. The van der Waals surface area contributed by atoms with Gasteiger partial charge in [0.25, 0.3) is 0 Å². The van der Waals surface area contributed by atoms with Gasteiger partial charge in [0.1, 0.15) is 0 Å². The molecule has 4 rings (SSSR count). The quantitative estimate of drug-likeness (QED) is 0.684. The summed E-state index contributed by atoms with van der Waals surface area (Å²) in [5, 5.41) is 9.28. The molecule has 156 valence electrons. The molecule has 4 aliphatic rings. The Bertz CT molecular complexity index is 538. The molecule has 10 atom stereocenters. The van der Waals surface area contributed by atoms with Crippen molar-refractivity contribution in [2.45, 2.75) is 97.1 Å². The van der Waals surface area contributed by atoms with Gasteiger partial charge in [0.15, 0.2) is 0 Å². The van der Waals surface area contributed by atoms with Crippen LogP contribution in [0.4, 0.5) is 0 Å². The summed E-state index contributed by atoms with van der Waals surface area (Å²) in [7, 11) is 0. The lowest BCUT2D eigenvalue weighted by atomic mass is 9.43. The monoisotopic (exact) mass is 376 g/mol. The van der Waals surface area contributed by atoms with Gasteiger partial charge in [-0.1, -0.05) is 20.8 Å². The summed E-state index contributed by atoms with van der Waals surface area (Å²) in [6.07, 6.45) is 12.7. The van der Waals surface area contributed by atoms with E-state index in [4.69, 9.17) is 11.5 Å². The van der Waals surface area contributed by atoms with E-state index < -0.39 is 0 Å². The third-order valence-corrected chi connectivity index (χ3v) is 10.5. The molecule has 4 aliphatic carbocycles. The summed E-state index contributed by atoms with van der Waals surface area (Å²) in [5.74, 6) is 4.80. The van der Waals surface area contributed by atoms with Crippen molar-refractivity contribution >= 4 is 0 Å². The zero-order valence-electron chi connectivity index (χ0n) is 18.0. The summed E-state index contributed by atoms with van der Waals surface area (Å²) in [5.41, 5.74) is 14.2. The largest absolute Gasteiger partial charge is 0.396 e. The highest BCUT2D eigenvalue weighted by molar-refractivity contribution is 5.13. The third kappa shape index (κ3) is 3.02. The lowest BCUT2D eigenvalue weighted by Gasteiger charge is -2.63. The van der Waals surface area contributed by atoms with Crippen molar-refractivity contribution in [2.24, 2.45) is 57.8 Å². The van der Waals surface area contributed by atoms with Gasteiger partial charge in [-0.25, -0.2) is 0 Å². The van der Waals surface area contributed by atoms with Crippen LogP contribution in [0.1, 0.15) is 85.0 Å². The normalized spacial score (nSPS) is 53.3. The molecule has 0 radical (unpaired) electrons. The van der Waals surface area contributed by atoms with E-state index in [9.17, 15) is 5.11 Å². The molecule has 0 heterocycles. The van der Waals surface area contributed by atoms with Crippen molar-refractivity contribution in [3.05, 3.63) is 0 Å². The Morgan fingerprint density at radius 2 is 1.78 bits per heavy atom. The molecule has 0 unspecified atom stereocenters. The second-order valence-corrected chi connectivity index (χ2v) is 11.4. The van der Waals surface area contributed by atoms with Crippen molar-refractivity contribution in [2.75, 3.05) is 6.61 Å². The number of fused-ring (bicyclic) bond motifs is 5. The number of hydrogen-bond acceptors (Lipinski definition) is 3. The lowest BCUT2D eigenvalue weighted by molar-refractivity contribution is -0.125. The van der Waals surface area contributed by atoms with E-state index in [1.807, 2.05) is 0 Å². The molecule has 0 aliphatic heterocycles. The van der Waals surface area contributed by atoms with Crippen LogP contribution in [-0.4, -0.2) is 23.8 Å². The standard InChI is InChI=1S/C24H44N2O/c1-15(5-4-12-27)19-8-9-20-18-7-6-16-13-17(25)10-11-23(16,2)21(18)14-22(26)24(19,20)3/h15-22,27H,4-14,25-26H2,1-3H3/t15-,16-,17+,18+,19-,20+,21+,22+,23+,24-/m1/s1. The Balaban J connectivity index is 1.58. The number of nitrogens with two attached hydrogens (primary N) is 2. The average molecular weight is 377 g/mol. The first-order chi connectivity index (χ1) is 12.8. The van der Waals surface area contributed by atoms with Crippen LogP contribution in [0.25, 0.3) is 0 Å². The molecule has 4 saturated carbocycles. The van der Waals surface area contributed by atoms with Crippen molar-refractivity contribution in [3.63, 3.8) is 0 Å². The van der Waals surface area contributed by atoms with Gasteiger partial charge >= 0.3 is 0 Å². The molecule has 3 heteroatoms. The van der Waals surface area contributed by atoms with E-state index in [-0.39, 0.29) is 0 Å². The van der Waals surface area contributed by atoms with Crippen LogP contribution in [0.3, 0.4) is 0 Å². The van der Waals surface area contributed by atoms with Gasteiger partial charge in [-0.05, 0) is 111 Å². The molecule has 0 aromatic carbocycles. The Morgan fingerprint density at radius 1 is 1.00 bits per heavy atom. The Morgan fingerprint density at radius 3 is 2.52 bits per heavy atom. The van der Waals surface area contributed by atoms with E-state index >= 15 is 0 Å². The maximum absolute atomic E-state index is 9.28. The Labute approximate surface area is 167 Å². The summed E-state index contributed by atoms with van der Waals surface area (Å²) in [4.78, 5) is 0. The highest BCUT2D eigenvalue weighted by Crippen LogP contribution is 2.67. The first-order valence-electron chi connectivity index (χ1n) is 11.9. The van der Waals surface area contributed by atoms with E-state index in [1.165, 1.54) is 51.4 Å². The van der Waals surface area contributed by atoms with Crippen molar-refractivity contribution in [3.8, 4) is 0 Å². The van der Waals surface area contributed by atoms with E-state index in [0.717, 1.165) is 42.4 Å². The summed E-state index contributed by atoms with van der Waals surface area (Å²) in [6, 6.07) is 0.782. The smallest absolute Gasteiger partial charge is 0.0431 e. The van der Waals surface area contributed by atoms with Crippen LogP contribution in [0.2, 0.25) is 0 Å². The van der Waals surface area contributed by atoms with Gasteiger partial charge in [-0.15, -0.1) is 0 Å². The van der Waals surface area contributed by atoms with Gasteiger partial charge in [-0.2, -0.15) is 0 Å². The molecule has 0 aromatic heterocycles. The summed E-state index contributed by atoms with van der Waals surface area (Å²) < 4.78 is 0. The fourth-order valence-corrected chi connectivity index (χ4v) is 8.92. The molecular weight excluding hydrogens is 332 g/mol. The maximum Gasteiger partial charge on any atom is 0.0431 e. The van der Waals surface area contributed by atoms with Gasteiger partial charge < -0.3 is 16.6 Å². The van der Waals surface area contributed by atoms with Crippen molar-refractivity contribution < 1.29 is 5.11 Å². The molecule has 0 spiro atoms. The molecule has 4 fully saturated rings. The Hall–Kier alpha value is -0.120. The number of aliphatic hydroxyl groups is 1. The molecule has 3 nitrogen and oxygen atoms in total. The summed E-state index contributed by atoms with van der Waals surface area (Å²) >= 11 is 0. The minimum atomic E-state index is 0.310. The first kappa shape index (κ1) is 20.2. The molecule has 0 bridgehead atoms. The Kier molecular flexibility index (Phi) is 5.44. The van der Waals surface area contributed by atoms with Crippen LogP contribution in [0, 0.1) is 46.3 Å². The molecule has 5 N–H and O–H groups in total. The number of aliphatic hydroxyl groups excluding tert-OH is 1. The van der Waals surface area contributed by atoms with E-state index in [1.54, 1.807) is 0 Å². The first-order valence-corrected chi connectivity index (χ1v) is 11.9. The predicted octanol–water partition coefficient (Wildman–Crippen LogP) is 4.32. The van der Waals surface area contributed by atoms with Gasteiger partial charge in [-0.3, -0.25) is 0 Å². The van der Waals surface area contributed by atoms with Crippen LogP contribution in [-0.2, 0) is 0 Å². The zero-order chi connectivity index (χ0) is 19.4. The molecular formula is C24H44N2O. The minimum absolute atomic E-state index is 0.310. The van der Waals surface area contributed by atoms with Gasteiger partial charge in [0.2, 0.25) is 0 Å². The molecule has 0 aromatic rings. The fourth-order valence-electron chi connectivity index (χ4n) is 8.92. The number of hydrogen-bond donors (Lipinski definition) is 3. The van der Waals surface area contributed by atoms with Gasteiger partial charge in [0.05, 0.1) is 0 Å². The van der Waals surface area contributed by atoms with Crippen LogP contribution < -0.4 is 11.5 Å². The maximum atomic E-state index is 9.28. The van der Waals surface area contributed by atoms with Gasteiger partial charge in [0, 0.05) is 18.7 Å². The van der Waals surface area contributed by atoms with Crippen LogP contribution in [0.15, 0.2) is 0 Å². The second kappa shape index (κ2) is 7.29. The average Bonchev–Trinajstić information content (AvgIpc) is 3.00. The molecule has 27 heavy (non-hydrogen) atoms. The van der Waals surface area contributed by atoms with E-state index in [0.29, 0.717) is 35.4 Å². The topological polar surface area (TPSA) is 72.3 Å². The van der Waals surface area contributed by atoms with Crippen LogP contribution in [0.5, 0.6) is 0 Å². The van der Waals surface area contributed by atoms with Crippen molar-refractivity contribution in [1.29, 1.82) is 0 Å². The lowest BCUT2D eigenvalue weighted by Crippen LogP contribution is -2.61. The van der Waals surface area contributed by atoms with E-state index in [2.05, 4.69) is 20.8 Å². The third-order valence-electron chi connectivity index (χ3n) is 10.5. The zero-order valence-corrected chi connectivity index (χ0v) is 18.0. The van der Waals surface area contributed by atoms with Crippen molar-refractivity contribution in [1.82, 2.24) is 0 Å². The highest BCUT2D eigenvalue weighted by Gasteiger charge is 2.63. The van der Waals surface area contributed by atoms with Crippen LogP contribution >= 0.6 is 0 Å². The number of rotatable bonds is 4. The SMILES string of the molecule is C[C@H](CCCO)[C@H]1CC[C@H]2[C@@H]3CC[C@@H]4C[C@@H](N)CC[C@]4(C)[C@H]3C[C@H](N)[C@]12C.